The Labute approximate surface area is 103 Å². The highest BCUT2D eigenvalue weighted by atomic mass is 32.1. The zero-order chi connectivity index (χ0) is 12.0. The van der Waals surface area contributed by atoms with Gasteiger partial charge in [-0.1, -0.05) is 27.2 Å². The summed E-state index contributed by atoms with van der Waals surface area (Å²) in [5, 5.41) is 4.72. The summed E-state index contributed by atoms with van der Waals surface area (Å²) in [6.45, 7) is 9.89. The van der Waals surface area contributed by atoms with Gasteiger partial charge >= 0.3 is 0 Å². The molecule has 0 saturated carbocycles. The van der Waals surface area contributed by atoms with Crippen LogP contribution in [0.4, 0.5) is 0 Å². The first-order valence-corrected chi connectivity index (χ1v) is 7.08. The molecule has 0 saturated heterocycles. The van der Waals surface area contributed by atoms with E-state index in [4.69, 9.17) is 0 Å². The highest BCUT2D eigenvalue weighted by Gasteiger charge is 2.11. The minimum absolute atomic E-state index is 0.586. The highest BCUT2D eigenvalue weighted by Crippen LogP contribution is 2.19. The van der Waals surface area contributed by atoms with Crippen molar-refractivity contribution < 1.29 is 0 Å². The molecule has 1 heterocycles. The van der Waals surface area contributed by atoms with E-state index in [9.17, 15) is 0 Å². The maximum atomic E-state index is 4.32. The second kappa shape index (κ2) is 7.02. The normalized spacial score (nSPS) is 13.3. The molecule has 0 aromatic carbocycles. The topological polar surface area (TPSA) is 24.9 Å². The van der Waals surface area contributed by atoms with Gasteiger partial charge in [-0.3, -0.25) is 0 Å². The number of nitrogens with zero attached hydrogens (tertiary/aromatic N) is 1. The van der Waals surface area contributed by atoms with Gasteiger partial charge in [-0.25, -0.2) is 4.98 Å². The van der Waals surface area contributed by atoms with Crippen molar-refractivity contribution in [2.45, 2.75) is 53.0 Å². The molecule has 1 N–H and O–H groups in total. The molecule has 1 atom stereocenters. The molecule has 0 aliphatic rings. The molecule has 3 heteroatoms. The van der Waals surface area contributed by atoms with Crippen molar-refractivity contribution in [3.8, 4) is 0 Å². The summed E-state index contributed by atoms with van der Waals surface area (Å²) in [7, 11) is 0. The van der Waals surface area contributed by atoms with Crippen LogP contribution < -0.4 is 5.32 Å². The van der Waals surface area contributed by atoms with Crippen molar-refractivity contribution >= 4 is 11.3 Å². The molecule has 16 heavy (non-hydrogen) atoms. The molecule has 1 rings (SSSR count). The average molecular weight is 240 g/mol. The third-order valence-electron chi connectivity index (χ3n) is 2.67. The Hall–Kier alpha value is -0.410. The molecule has 0 radical (unpaired) electrons. The molecule has 0 amide bonds. The molecule has 0 spiro atoms. The Kier molecular flexibility index (Phi) is 5.99. The van der Waals surface area contributed by atoms with Crippen molar-refractivity contribution in [3.05, 3.63) is 16.1 Å². The molecular formula is C13H24N2S. The molecule has 92 valence electrons. The predicted molar refractivity (Wildman–Crippen MR) is 72.1 cm³/mol. The number of rotatable bonds is 7. The van der Waals surface area contributed by atoms with Gasteiger partial charge in [0, 0.05) is 17.1 Å². The Balaban J connectivity index is 2.43. The summed E-state index contributed by atoms with van der Waals surface area (Å²) in [6, 6.07) is 0.586. The van der Waals surface area contributed by atoms with Gasteiger partial charge in [0.05, 0.1) is 5.01 Å². The van der Waals surface area contributed by atoms with Crippen molar-refractivity contribution in [1.29, 1.82) is 0 Å². The monoisotopic (exact) mass is 240 g/mol. The van der Waals surface area contributed by atoms with E-state index in [2.05, 4.69) is 38.0 Å². The van der Waals surface area contributed by atoms with E-state index < -0.39 is 0 Å². The Morgan fingerprint density at radius 3 is 2.69 bits per heavy atom. The summed E-state index contributed by atoms with van der Waals surface area (Å²) in [4.78, 5) is 5.76. The number of aryl methyl sites for hydroxylation is 1. The first-order valence-electron chi connectivity index (χ1n) is 6.26. The number of nitrogens with one attached hydrogen (secondary N) is 1. The van der Waals surface area contributed by atoms with Crippen LogP contribution in [-0.4, -0.2) is 17.6 Å². The smallest absolute Gasteiger partial charge is 0.0896 e. The van der Waals surface area contributed by atoms with Crippen molar-refractivity contribution in [3.63, 3.8) is 0 Å². The fourth-order valence-electron chi connectivity index (χ4n) is 1.87. The van der Waals surface area contributed by atoms with Crippen LogP contribution in [0.15, 0.2) is 6.20 Å². The largest absolute Gasteiger partial charge is 0.314 e. The van der Waals surface area contributed by atoms with E-state index >= 15 is 0 Å². The lowest BCUT2D eigenvalue weighted by molar-refractivity contribution is 0.420. The number of thiazole rings is 1. The van der Waals surface area contributed by atoms with Crippen molar-refractivity contribution in [2.75, 3.05) is 6.54 Å². The van der Waals surface area contributed by atoms with Crippen LogP contribution in [0.5, 0.6) is 0 Å². The lowest BCUT2D eigenvalue weighted by atomic mass is 9.99. The molecule has 1 aromatic rings. The van der Waals surface area contributed by atoms with E-state index in [0.717, 1.165) is 12.5 Å². The Bertz CT molecular complexity index is 294. The van der Waals surface area contributed by atoms with E-state index in [-0.39, 0.29) is 0 Å². The van der Waals surface area contributed by atoms with E-state index in [1.165, 1.54) is 29.1 Å². The zero-order valence-electron chi connectivity index (χ0n) is 10.9. The third kappa shape index (κ3) is 5.08. The molecule has 1 unspecified atom stereocenters. The first kappa shape index (κ1) is 13.7. The van der Waals surface area contributed by atoms with Crippen molar-refractivity contribution in [1.82, 2.24) is 10.3 Å². The van der Waals surface area contributed by atoms with Crippen LogP contribution in [0, 0.1) is 12.8 Å². The quantitative estimate of drug-likeness (QED) is 0.790. The van der Waals surface area contributed by atoms with Crippen LogP contribution in [0.25, 0.3) is 0 Å². The molecular weight excluding hydrogens is 216 g/mol. The summed E-state index contributed by atoms with van der Waals surface area (Å²) in [5.41, 5.74) is 0. The molecule has 0 aliphatic carbocycles. The van der Waals surface area contributed by atoms with Crippen LogP contribution in [0.1, 0.15) is 43.5 Å². The van der Waals surface area contributed by atoms with Crippen LogP contribution in [0.3, 0.4) is 0 Å². The Morgan fingerprint density at radius 2 is 2.19 bits per heavy atom. The standard InChI is InChI=1S/C13H24N2S/c1-5-6-12(8-14-10(2)3)7-13-9-15-11(4)16-13/h9-10,12,14H,5-8H2,1-4H3. The van der Waals surface area contributed by atoms with Gasteiger partial charge in [-0.15, -0.1) is 11.3 Å². The SMILES string of the molecule is CCCC(CNC(C)C)Cc1cnc(C)s1. The van der Waals surface area contributed by atoms with Gasteiger partial charge in [0.1, 0.15) is 0 Å². The van der Waals surface area contributed by atoms with Gasteiger partial charge in [-0.05, 0) is 32.2 Å². The number of aromatic nitrogens is 1. The zero-order valence-corrected chi connectivity index (χ0v) is 11.7. The molecule has 0 fully saturated rings. The second-order valence-electron chi connectivity index (χ2n) is 4.77. The molecule has 1 aromatic heterocycles. The fourth-order valence-corrected chi connectivity index (χ4v) is 2.78. The first-order chi connectivity index (χ1) is 7.61. The van der Waals surface area contributed by atoms with Crippen LogP contribution in [-0.2, 0) is 6.42 Å². The molecule has 2 nitrogen and oxygen atoms in total. The van der Waals surface area contributed by atoms with Crippen LogP contribution in [0.2, 0.25) is 0 Å². The summed E-state index contributed by atoms with van der Waals surface area (Å²) in [6.07, 6.45) is 5.79. The maximum absolute atomic E-state index is 4.32. The van der Waals surface area contributed by atoms with Crippen molar-refractivity contribution in [2.24, 2.45) is 5.92 Å². The third-order valence-corrected chi connectivity index (χ3v) is 3.61. The fraction of sp³-hybridized carbons (Fsp3) is 0.769. The maximum Gasteiger partial charge on any atom is 0.0896 e. The average Bonchev–Trinajstić information content (AvgIpc) is 2.61. The number of hydrogen-bond acceptors (Lipinski definition) is 3. The number of hydrogen-bond donors (Lipinski definition) is 1. The predicted octanol–water partition coefficient (Wildman–Crippen LogP) is 3.41. The van der Waals surface area contributed by atoms with Gasteiger partial charge in [-0.2, -0.15) is 0 Å². The highest BCUT2D eigenvalue weighted by molar-refractivity contribution is 7.11. The second-order valence-corrected chi connectivity index (χ2v) is 6.09. The van der Waals surface area contributed by atoms with Gasteiger partial charge < -0.3 is 5.32 Å². The van der Waals surface area contributed by atoms with Gasteiger partial charge in [0.25, 0.3) is 0 Å². The Morgan fingerprint density at radius 1 is 1.44 bits per heavy atom. The summed E-state index contributed by atoms with van der Waals surface area (Å²) in [5.74, 6) is 0.757. The minimum Gasteiger partial charge on any atom is -0.314 e. The molecule has 0 aliphatic heterocycles. The summed E-state index contributed by atoms with van der Waals surface area (Å²) >= 11 is 1.84. The lowest BCUT2D eigenvalue weighted by Crippen LogP contribution is -2.29. The van der Waals surface area contributed by atoms with E-state index in [1.807, 2.05) is 17.5 Å². The van der Waals surface area contributed by atoms with E-state index in [0.29, 0.717) is 6.04 Å². The van der Waals surface area contributed by atoms with Gasteiger partial charge in [0.15, 0.2) is 0 Å². The minimum atomic E-state index is 0.586. The lowest BCUT2D eigenvalue weighted by Gasteiger charge is -2.17. The molecule has 0 bridgehead atoms. The van der Waals surface area contributed by atoms with Gasteiger partial charge in [0.2, 0.25) is 0 Å². The van der Waals surface area contributed by atoms with Crippen LogP contribution >= 0.6 is 11.3 Å². The van der Waals surface area contributed by atoms with E-state index in [1.54, 1.807) is 0 Å². The summed E-state index contributed by atoms with van der Waals surface area (Å²) < 4.78 is 0.